The molecule has 1 unspecified atom stereocenters. The predicted octanol–water partition coefficient (Wildman–Crippen LogP) is 2.95. The Labute approximate surface area is 153 Å². The number of nitrogens with one attached hydrogen (secondary N) is 2. The fraction of sp³-hybridized carbons (Fsp3) is 0.263. The highest BCUT2D eigenvalue weighted by Crippen LogP contribution is 2.20. The van der Waals surface area contributed by atoms with Crippen LogP contribution in [0.4, 0.5) is 5.69 Å². The van der Waals surface area contributed by atoms with Crippen LogP contribution in [0.3, 0.4) is 0 Å². The van der Waals surface area contributed by atoms with E-state index in [0.717, 1.165) is 24.0 Å². The molecular formula is C19H22ClN3O2. The molecule has 0 saturated heterocycles. The second-order valence-corrected chi connectivity index (χ2v) is 6.20. The summed E-state index contributed by atoms with van der Waals surface area (Å²) in [6, 6.07) is 14.0. The number of amides is 2. The van der Waals surface area contributed by atoms with Gasteiger partial charge in [0.15, 0.2) is 0 Å². The highest BCUT2D eigenvalue weighted by atomic mass is 35.5. The third-order valence-electron chi connectivity index (χ3n) is 4.05. The molecule has 2 amide bonds. The molecule has 6 heteroatoms. The molecule has 0 heterocycles. The molecule has 2 aromatic carbocycles. The van der Waals surface area contributed by atoms with Crippen LogP contribution in [0.25, 0.3) is 0 Å². The quantitative estimate of drug-likeness (QED) is 0.767. The topological polar surface area (TPSA) is 84.2 Å². The van der Waals surface area contributed by atoms with Crippen LogP contribution in [0.1, 0.15) is 40.4 Å². The number of carbonyl (C=O) groups excluding carboxylic acids is 2. The average Bonchev–Trinajstić information content (AvgIpc) is 3.39. The molecule has 0 bridgehead atoms. The summed E-state index contributed by atoms with van der Waals surface area (Å²) in [5.74, 6) is -0.360. The SMILES string of the molecule is Cc1ccc(C(N)C(=O)Nc2ccc(C(=O)NC3CC3)cc2)cc1.Cl. The molecule has 1 fully saturated rings. The predicted molar refractivity (Wildman–Crippen MR) is 101 cm³/mol. The summed E-state index contributed by atoms with van der Waals surface area (Å²) in [7, 11) is 0. The number of hydrogen-bond donors (Lipinski definition) is 3. The van der Waals surface area contributed by atoms with Gasteiger partial charge in [0.25, 0.3) is 5.91 Å². The van der Waals surface area contributed by atoms with E-state index in [2.05, 4.69) is 10.6 Å². The van der Waals surface area contributed by atoms with Gasteiger partial charge in [-0.1, -0.05) is 29.8 Å². The van der Waals surface area contributed by atoms with E-state index in [1.165, 1.54) is 0 Å². The first kappa shape index (κ1) is 19.0. The Morgan fingerprint density at radius 2 is 1.64 bits per heavy atom. The Morgan fingerprint density at radius 1 is 1.04 bits per heavy atom. The van der Waals surface area contributed by atoms with Crippen molar-refractivity contribution in [1.29, 1.82) is 0 Å². The number of nitrogens with two attached hydrogens (primary N) is 1. The van der Waals surface area contributed by atoms with E-state index in [1.54, 1.807) is 24.3 Å². The molecule has 2 aromatic rings. The van der Waals surface area contributed by atoms with Gasteiger partial charge >= 0.3 is 0 Å². The van der Waals surface area contributed by atoms with Crippen molar-refractivity contribution in [3.63, 3.8) is 0 Å². The Bertz CT molecular complexity index is 740. The average molecular weight is 360 g/mol. The van der Waals surface area contributed by atoms with E-state index in [0.29, 0.717) is 17.3 Å². The molecule has 1 atom stereocenters. The number of rotatable bonds is 5. The van der Waals surface area contributed by atoms with Gasteiger partial charge in [0, 0.05) is 17.3 Å². The lowest BCUT2D eigenvalue weighted by molar-refractivity contribution is -0.117. The third kappa shape index (κ3) is 5.05. The zero-order valence-electron chi connectivity index (χ0n) is 14.0. The first-order valence-electron chi connectivity index (χ1n) is 8.07. The van der Waals surface area contributed by atoms with Gasteiger partial charge < -0.3 is 16.4 Å². The Hall–Kier alpha value is -2.37. The summed E-state index contributed by atoms with van der Waals surface area (Å²) in [6.45, 7) is 1.98. The zero-order valence-corrected chi connectivity index (χ0v) is 14.8. The lowest BCUT2D eigenvalue weighted by atomic mass is 10.1. The Balaban J connectivity index is 0.00000225. The molecule has 1 aliphatic carbocycles. The van der Waals surface area contributed by atoms with E-state index in [-0.39, 0.29) is 24.2 Å². The summed E-state index contributed by atoms with van der Waals surface area (Å²) in [5.41, 5.74) is 9.08. The molecule has 132 valence electrons. The van der Waals surface area contributed by atoms with Crippen LogP contribution in [-0.4, -0.2) is 17.9 Å². The highest BCUT2D eigenvalue weighted by Gasteiger charge is 2.23. The number of benzene rings is 2. The number of aryl methyl sites for hydroxylation is 1. The van der Waals surface area contributed by atoms with Crippen LogP contribution in [0, 0.1) is 6.92 Å². The number of hydrogen-bond acceptors (Lipinski definition) is 3. The summed E-state index contributed by atoms with van der Waals surface area (Å²) < 4.78 is 0. The number of anilines is 1. The molecule has 0 radical (unpaired) electrons. The normalized spacial score (nSPS) is 14.2. The summed E-state index contributed by atoms with van der Waals surface area (Å²) in [5, 5.41) is 5.71. The van der Waals surface area contributed by atoms with E-state index in [1.807, 2.05) is 31.2 Å². The fourth-order valence-electron chi connectivity index (χ4n) is 2.35. The second-order valence-electron chi connectivity index (χ2n) is 6.20. The molecule has 1 aliphatic rings. The van der Waals surface area contributed by atoms with Gasteiger partial charge in [-0.15, -0.1) is 12.4 Å². The van der Waals surface area contributed by atoms with Gasteiger partial charge in [-0.3, -0.25) is 9.59 Å². The molecule has 0 aromatic heterocycles. The van der Waals surface area contributed by atoms with Crippen molar-refractivity contribution in [1.82, 2.24) is 5.32 Å². The van der Waals surface area contributed by atoms with Crippen LogP contribution in [0.5, 0.6) is 0 Å². The lowest BCUT2D eigenvalue weighted by Gasteiger charge is -2.13. The standard InChI is InChI=1S/C19H21N3O2.ClH/c1-12-2-4-13(5-3-12)17(20)19(24)22-15-8-6-14(7-9-15)18(23)21-16-10-11-16;/h2-9,16-17H,10-11,20H2,1H3,(H,21,23)(H,22,24);1H. The van der Waals surface area contributed by atoms with Crippen molar-refractivity contribution in [3.8, 4) is 0 Å². The van der Waals surface area contributed by atoms with Crippen LogP contribution in [-0.2, 0) is 4.79 Å². The summed E-state index contributed by atoms with van der Waals surface area (Å²) in [6.07, 6.45) is 2.10. The van der Waals surface area contributed by atoms with E-state index in [9.17, 15) is 9.59 Å². The van der Waals surface area contributed by atoms with E-state index >= 15 is 0 Å². The van der Waals surface area contributed by atoms with Gasteiger partial charge in [-0.2, -0.15) is 0 Å². The van der Waals surface area contributed by atoms with Gasteiger partial charge in [0.1, 0.15) is 6.04 Å². The van der Waals surface area contributed by atoms with Crippen molar-refractivity contribution in [3.05, 3.63) is 65.2 Å². The monoisotopic (exact) mass is 359 g/mol. The molecule has 5 nitrogen and oxygen atoms in total. The minimum Gasteiger partial charge on any atom is -0.349 e. The minimum atomic E-state index is -0.733. The molecule has 0 spiro atoms. The van der Waals surface area contributed by atoms with E-state index in [4.69, 9.17) is 5.73 Å². The fourth-order valence-corrected chi connectivity index (χ4v) is 2.35. The van der Waals surface area contributed by atoms with Crippen molar-refractivity contribution in [2.45, 2.75) is 31.8 Å². The van der Waals surface area contributed by atoms with Crippen molar-refractivity contribution in [2.75, 3.05) is 5.32 Å². The molecular weight excluding hydrogens is 338 g/mol. The zero-order chi connectivity index (χ0) is 17.1. The highest BCUT2D eigenvalue weighted by molar-refractivity contribution is 5.97. The second kappa shape index (κ2) is 8.14. The molecule has 4 N–H and O–H groups in total. The van der Waals surface area contributed by atoms with Crippen LogP contribution in [0.15, 0.2) is 48.5 Å². The maximum atomic E-state index is 12.3. The van der Waals surface area contributed by atoms with Crippen LogP contribution in [0.2, 0.25) is 0 Å². The van der Waals surface area contributed by atoms with Gasteiger partial charge in [0.2, 0.25) is 5.91 Å². The first-order chi connectivity index (χ1) is 11.5. The van der Waals surface area contributed by atoms with Gasteiger partial charge in [-0.25, -0.2) is 0 Å². The van der Waals surface area contributed by atoms with Crippen molar-refractivity contribution in [2.24, 2.45) is 5.73 Å². The van der Waals surface area contributed by atoms with Crippen LogP contribution >= 0.6 is 12.4 Å². The van der Waals surface area contributed by atoms with Crippen molar-refractivity contribution < 1.29 is 9.59 Å². The smallest absolute Gasteiger partial charge is 0.251 e. The summed E-state index contributed by atoms with van der Waals surface area (Å²) in [4.78, 5) is 24.2. The maximum absolute atomic E-state index is 12.3. The van der Waals surface area contributed by atoms with Gasteiger partial charge in [0.05, 0.1) is 0 Å². The lowest BCUT2D eigenvalue weighted by Crippen LogP contribution is -2.28. The van der Waals surface area contributed by atoms with Crippen LogP contribution < -0.4 is 16.4 Å². The largest absolute Gasteiger partial charge is 0.349 e. The maximum Gasteiger partial charge on any atom is 0.251 e. The number of halogens is 1. The molecule has 3 rings (SSSR count). The molecule has 0 aliphatic heterocycles. The van der Waals surface area contributed by atoms with Gasteiger partial charge in [-0.05, 0) is 49.6 Å². The minimum absolute atomic E-state index is 0. The third-order valence-corrected chi connectivity index (χ3v) is 4.05. The van der Waals surface area contributed by atoms with Crippen molar-refractivity contribution >= 4 is 29.9 Å². The Kier molecular flexibility index (Phi) is 6.17. The molecule has 1 saturated carbocycles. The summed E-state index contributed by atoms with van der Waals surface area (Å²) >= 11 is 0. The molecule has 25 heavy (non-hydrogen) atoms. The van der Waals surface area contributed by atoms with E-state index < -0.39 is 6.04 Å². The number of carbonyl (C=O) groups is 2. The Morgan fingerprint density at radius 3 is 2.20 bits per heavy atom. The first-order valence-corrected chi connectivity index (χ1v) is 8.07.